The number of aromatic nitrogens is 1. The molecule has 7 nitrogen and oxygen atoms in total. The molecule has 0 saturated carbocycles. The Hall–Kier alpha value is -2.52. The number of carbonyl (C=O) groups is 1. The summed E-state index contributed by atoms with van der Waals surface area (Å²) in [5.74, 6) is -0.782. The fourth-order valence-electron chi connectivity index (χ4n) is 2.30. The number of H-pyrrole nitrogens is 1. The minimum atomic E-state index is -0.619. The maximum absolute atomic E-state index is 11.9. The molecule has 2 N–H and O–H groups in total. The van der Waals surface area contributed by atoms with E-state index in [-0.39, 0.29) is 18.2 Å². The minimum absolute atomic E-state index is 0.162. The van der Waals surface area contributed by atoms with Crippen LogP contribution in [0.3, 0.4) is 0 Å². The van der Waals surface area contributed by atoms with E-state index in [0.29, 0.717) is 16.6 Å². The Balaban J connectivity index is 1.64. The van der Waals surface area contributed by atoms with E-state index in [4.69, 9.17) is 4.84 Å². The van der Waals surface area contributed by atoms with Gasteiger partial charge in [0.2, 0.25) is 5.88 Å². The van der Waals surface area contributed by atoms with Gasteiger partial charge in [-0.2, -0.15) is 0 Å². The third kappa shape index (κ3) is 4.81. The van der Waals surface area contributed by atoms with Crippen molar-refractivity contribution >= 4 is 60.1 Å². The summed E-state index contributed by atoms with van der Waals surface area (Å²) >= 11 is 6.72. The Bertz CT molecular complexity index is 1040. The average molecular weight is 494 g/mol. The molecule has 2 aromatic carbocycles. The minimum Gasteiger partial charge on any atom is -0.493 e. The van der Waals surface area contributed by atoms with Gasteiger partial charge < -0.3 is 14.9 Å². The van der Waals surface area contributed by atoms with Crippen LogP contribution in [-0.4, -0.2) is 28.3 Å². The van der Waals surface area contributed by atoms with Gasteiger partial charge in [0.15, 0.2) is 12.3 Å². The third-order valence-corrected chi connectivity index (χ3v) is 4.65. The topological polar surface area (TPSA) is 99.4 Å². The molecule has 27 heavy (non-hydrogen) atoms. The number of nitrogens with one attached hydrogen (secondary N) is 1. The summed E-state index contributed by atoms with van der Waals surface area (Å²) in [5.41, 5.74) is 2.38. The number of amides is 1. The van der Waals surface area contributed by atoms with E-state index in [9.17, 15) is 9.90 Å². The number of halogens is 2. The lowest BCUT2D eigenvalue weighted by atomic mass is 10.1. The van der Waals surface area contributed by atoms with E-state index in [0.717, 1.165) is 14.5 Å². The van der Waals surface area contributed by atoms with Crippen molar-refractivity contribution in [1.29, 1.82) is 0 Å². The van der Waals surface area contributed by atoms with E-state index in [1.807, 2.05) is 30.3 Å². The van der Waals surface area contributed by atoms with Crippen molar-refractivity contribution < 1.29 is 14.7 Å². The van der Waals surface area contributed by atoms with Crippen LogP contribution in [0, 0.1) is 0 Å². The van der Waals surface area contributed by atoms with Crippen molar-refractivity contribution in [2.24, 2.45) is 15.4 Å². The molecule has 138 valence electrons. The Kier molecular flexibility index (Phi) is 6.02. The molecule has 0 radical (unpaired) electrons. The van der Waals surface area contributed by atoms with Crippen molar-refractivity contribution in [1.82, 2.24) is 4.98 Å². The van der Waals surface area contributed by atoms with Gasteiger partial charge in [0.1, 0.15) is 0 Å². The van der Waals surface area contributed by atoms with E-state index >= 15 is 0 Å². The molecule has 3 aromatic rings. The number of nitrogens with zero attached hydrogens (tertiary/aromatic N) is 3. The van der Waals surface area contributed by atoms with E-state index in [1.165, 1.54) is 0 Å². The highest BCUT2D eigenvalue weighted by molar-refractivity contribution is 9.10. The van der Waals surface area contributed by atoms with Crippen LogP contribution < -0.4 is 0 Å². The first kappa shape index (κ1) is 19.2. The standard InChI is InChI=1S/C18H14Br2N4O3/c1-10(11-2-4-12(19)5-3-11)24-27-9-16(25)22-23-17-14-8-13(20)6-7-15(14)21-18(17)26/h2-8,21,26H,9H2,1H3. The van der Waals surface area contributed by atoms with Crippen LogP contribution in [0.5, 0.6) is 5.88 Å². The van der Waals surface area contributed by atoms with Crippen LogP contribution >= 0.6 is 31.9 Å². The van der Waals surface area contributed by atoms with Gasteiger partial charge in [-0.15, -0.1) is 10.2 Å². The molecule has 0 fully saturated rings. The second kappa shape index (κ2) is 8.45. The number of azo groups is 1. The van der Waals surface area contributed by atoms with Gasteiger partial charge in [-0.1, -0.05) is 49.1 Å². The fourth-order valence-corrected chi connectivity index (χ4v) is 2.93. The lowest BCUT2D eigenvalue weighted by Gasteiger charge is -2.01. The molecule has 0 unspecified atom stereocenters. The molecule has 1 heterocycles. The summed E-state index contributed by atoms with van der Waals surface area (Å²) in [6, 6.07) is 12.9. The second-order valence-electron chi connectivity index (χ2n) is 5.56. The van der Waals surface area contributed by atoms with Gasteiger partial charge in [0, 0.05) is 14.3 Å². The van der Waals surface area contributed by atoms with Crippen molar-refractivity contribution in [3.8, 4) is 5.88 Å². The first-order valence-electron chi connectivity index (χ1n) is 7.81. The number of fused-ring (bicyclic) bond motifs is 1. The molecule has 0 aliphatic rings. The summed E-state index contributed by atoms with van der Waals surface area (Å²) in [6.07, 6.45) is 0. The van der Waals surface area contributed by atoms with E-state index in [1.54, 1.807) is 19.1 Å². The fraction of sp³-hybridized carbons (Fsp3) is 0.111. The normalized spacial score (nSPS) is 12.0. The van der Waals surface area contributed by atoms with Gasteiger partial charge >= 0.3 is 5.91 Å². The number of hydrogen-bond acceptors (Lipinski definition) is 5. The molecule has 9 heteroatoms. The van der Waals surface area contributed by atoms with Crippen molar-refractivity contribution in [2.75, 3.05) is 6.61 Å². The zero-order valence-corrected chi connectivity index (χ0v) is 17.3. The lowest BCUT2D eigenvalue weighted by molar-refractivity contribution is -0.122. The summed E-state index contributed by atoms with van der Waals surface area (Å²) in [7, 11) is 0. The van der Waals surface area contributed by atoms with Gasteiger partial charge in [-0.25, -0.2) is 0 Å². The molecule has 0 aliphatic heterocycles. The van der Waals surface area contributed by atoms with Crippen LogP contribution in [0.25, 0.3) is 10.9 Å². The van der Waals surface area contributed by atoms with Gasteiger partial charge in [0.05, 0.1) is 11.2 Å². The van der Waals surface area contributed by atoms with Gasteiger partial charge in [-0.05, 0) is 42.8 Å². The van der Waals surface area contributed by atoms with Crippen LogP contribution in [0.4, 0.5) is 5.69 Å². The summed E-state index contributed by atoms with van der Waals surface area (Å²) in [4.78, 5) is 19.7. The van der Waals surface area contributed by atoms with E-state index in [2.05, 4.69) is 52.2 Å². The third-order valence-electron chi connectivity index (χ3n) is 3.63. The van der Waals surface area contributed by atoms with Crippen LogP contribution in [0.15, 0.2) is 66.8 Å². The Morgan fingerprint density at radius 2 is 1.85 bits per heavy atom. The van der Waals surface area contributed by atoms with Crippen LogP contribution in [0.1, 0.15) is 12.5 Å². The molecule has 1 aromatic heterocycles. The number of benzene rings is 2. The summed E-state index contributed by atoms with van der Waals surface area (Å²) in [5, 5.41) is 21.9. The lowest BCUT2D eigenvalue weighted by Crippen LogP contribution is -2.04. The maximum atomic E-state index is 11.9. The molecule has 1 amide bonds. The highest BCUT2D eigenvalue weighted by Gasteiger charge is 2.11. The van der Waals surface area contributed by atoms with Crippen LogP contribution in [-0.2, 0) is 9.63 Å². The number of rotatable bonds is 5. The predicted octanol–water partition coefficient (Wildman–Crippen LogP) is 5.45. The average Bonchev–Trinajstić information content (AvgIpc) is 2.95. The molecular weight excluding hydrogens is 480 g/mol. The molecule has 0 saturated heterocycles. The smallest absolute Gasteiger partial charge is 0.304 e. The molecule has 0 bridgehead atoms. The molecule has 3 rings (SSSR count). The Morgan fingerprint density at radius 1 is 1.15 bits per heavy atom. The van der Waals surface area contributed by atoms with Crippen molar-refractivity contribution in [3.05, 3.63) is 57.0 Å². The zero-order valence-electron chi connectivity index (χ0n) is 14.1. The molecule has 0 aliphatic carbocycles. The summed E-state index contributed by atoms with van der Waals surface area (Å²) in [6.45, 7) is 1.42. The van der Waals surface area contributed by atoms with Gasteiger partial charge in [-0.3, -0.25) is 4.79 Å². The number of carbonyl (C=O) groups excluding carboxylic acids is 1. The van der Waals surface area contributed by atoms with Crippen molar-refractivity contribution in [2.45, 2.75) is 6.92 Å². The Morgan fingerprint density at radius 3 is 2.59 bits per heavy atom. The second-order valence-corrected chi connectivity index (χ2v) is 7.39. The number of hydrogen-bond donors (Lipinski definition) is 2. The highest BCUT2D eigenvalue weighted by Crippen LogP contribution is 2.36. The van der Waals surface area contributed by atoms with Crippen LogP contribution in [0.2, 0.25) is 0 Å². The summed E-state index contributed by atoms with van der Waals surface area (Å²) < 4.78 is 1.78. The largest absolute Gasteiger partial charge is 0.493 e. The van der Waals surface area contributed by atoms with E-state index < -0.39 is 5.91 Å². The maximum Gasteiger partial charge on any atom is 0.304 e. The monoisotopic (exact) mass is 492 g/mol. The highest BCUT2D eigenvalue weighted by atomic mass is 79.9. The van der Waals surface area contributed by atoms with Gasteiger partial charge in [0.25, 0.3) is 0 Å². The van der Waals surface area contributed by atoms with Crippen molar-refractivity contribution in [3.63, 3.8) is 0 Å². The molecular formula is C18H14Br2N4O3. The quantitative estimate of drug-likeness (QED) is 0.281. The predicted molar refractivity (Wildman–Crippen MR) is 109 cm³/mol. The number of oxime groups is 1. The first-order chi connectivity index (χ1) is 12.9. The zero-order chi connectivity index (χ0) is 19.4. The number of aromatic hydroxyl groups is 1. The Labute approximate surface area is 171 Å². The molecule has 0 atom stereocenters. The number of aromatic amines is 1. The first-order valence-corrected chi connectivity index (χ1v) is 9.40. The SMILES string of the molecule is CC(=NOCC(=O)N=Nc1c(O)[nH]c2ccc(Br)cc12)c1ccc(Br)cc1. The molecule has 0 spiro atoms.